The van der Waals surface area contributed by atoms with Crippen molar-refractivity contribution in [3.63, 3.8) is 0 Å². The summed E-state index contributed by atoms with van der Waals surface area (Å²) in [7, 11) is 0. The summed E-state index contributed by atoms with van der Waals surface area (Å²) in [5.74, 6) is 1.39. The number of amides is 1. The van der Waals surface area contributed by atoms with Crippen LogP contribution >= 0.6 is 27.7 Å². The second-order valence-corrected chi connectivity index (χ2v) is 7.42. The molecule has 1 amide bonds. The minimum atomic E-state index is -0.169. The summed E-state index contributed by atoms with van der Waals surface area (Å²) in [4.78, 5) is 12.3. The van der Waals surface area contributed by atoms with Gasteiger partial charge in [-0.15, -0.1) is 11.8 Å². The van der Waals surface area contributed by atoms with Crippen molar-refractivity contribution in [3.8, 4) is 0 Å². The van der Waals surface area contributed by atoms with Crippen LogP contribution in [-0.4, -0.2) is 27.3 Å². The van der Waals surface area contributed by atoms with E-state index in [-0.39, 0.29) is 16.2 Å². The summed E-state index contributed by atoms with van der Waals surface area (Å²) in [5.41, 5.74) is 0.0449. The Morgan fingerprint density at radius 3 is 2.50 bits per heavy atom. The SMILES string of the molecule is CC1(C(=O)NC2(CBr)CCCC2)CCCS1. The molecule has 1 saturated carbocycles. The van der Waals surface area contributed by atoms with Crippen molar-refractivity contribution in [2.75, 3.05) is 11.1 Å². The summed E-state index contributed by atoms with van der Waals surface area (Å²) >= 11 is 5.38. The van der Waals surface area contributed by atoms with Crippen molar-refractivity contribution in [2.24, 2.45) is 0 Å². The van der Waals surface area contributed by atoms with Crippen molar-refractivity contribution in [1.82, 2.24) is 5.32 Å². The van der Waals surface area contributed by atoms with E-state index >= 15 is 0 Å². The predicted octanol–water partition coefficient (Wildman–Crippen LogP) is 3.10. The molecule has 1 atom stereocenters. The Kier molecular flexibility index (Phi) is 3.89. The average molecular weight is 306 g/mol. The van der Waals surface area contributed by atoms with Crippen LogP contribution in [0.5, 0.6) is 0 Å². The number of hydrogen-bond donors (Lipinski definition) is 1. The molecule has 1 N–H and O–H groups in total. The lowest BCUT2D eigenvalue weighted by molar-refractivity contribution is -0.124. The summed E-state index contributed by atoms with van der Waals surface area (Å²) in [6, 6.07) is 0. The Labute approximate surface area is 110 Å². The van der Waals surface area contributed by atoms with Crippen LogP contribution in [0.4, 0.5) is 0 Å². The quantitative estimate of drug-likeness (QED) is 0.812. The van der Waals surface area contributed by atoms with Gasteiger partial charge in [-0.3, -0.25) is 4.79 Å². The highest BCUT2D eigenvalue weighted by molar-refractivity contribution is 9.09. The zero-order valence-corrected chi connectivity index (χ0v) is 12.3. The molecule has 0 radical (unpaired) electrons. The van der Waals surface area contributed by atoms with Crippen LogP contribution in [0.2, 0.25) is 0 Å². The van der Waals surface area contributed by atoms with E-state index in [2.05, 4.69) is 28.2 Å². The van der Waals surface area contributed by atoms with Gasteiger partial charge in [0.05, 0.1) is 4.75 Å². The third kappa shape index (κ3) is 2.42. The zero-order valence-electron chi connectivity index (χ0n) is 9.85. The van der Waals surface area contributed by atoms with Gasteiger partial charge in [-0.25, -0.2) is 0 Å². The largest absolute Gasteiger partial charge is 0.349 e. The smallest absolute Gasteiger partial charge is 0.236 e. The molecule has 0 aromatic rings. The molecule has 4 heteroatoms. The van der Waals surface area contributed by atoms with Gasteiger partial charge in [-0.05, 0) is 38.4 Å². The first-order valence-corrected chi connectivity index (χ1v) is 8.24. The molecule has 2 rings (SSSR count). The first kappa shape index (κ1) is 12.7. The van der Waals surface area contributed by atoms with Crippen molar-refractivity contribution >= 4 is 33.6 Å². The lowest BCUT2D eigenvalue weighted by atomic mass is 9.97. The molecule has 0 spiro atoms. The highest BCUT2D eigenvalue weighted by Gasteiger charge is 2.42. The fourth-order valence-electron chi connectivity index (χ4n) is 2.68. The minimum absolute atomic E-state index is 0.0449. The van der Waals surface area contributed by atoms with E-state index in [4.69, 9.17) is 0 Å². The van der Waals surface area contributed by atoms with E-state index in [1.165, 1.54) is 19.3 Å². The molecule has 16 heavy (non-hydrogen) atoms. The first-order chi connectivity index (χ1) is 7.60. The fraction of sp³-hybridized carbons (Fsp3) is 0.917. The maximum Gasteiger partial charge on any atom is 0.236 e. The maximum absolute atomic E-state index is 12.3. The number of nitrogens with one attached hydrogen (secondary N) is 1. The normalized spacial score (nSPS) is 32.9. The van der Waals surface area contributed by atoms with Crippen LogP contribution in [-0.2, 0) is 4.79 Å². The van der Waals surface area contributed by atoms with Gasteiger partial charge in [-0.1, -0.05) is 28.8 Å². The molecule has 2 fully saturated rings. The molecule has 0 aromatic heterocycles. The number of carbonyl (C=O) groups excluding carboxylic acids is 1. The van der Waals surface area contributed by atoms with Gasteiger partial charge in [0, 0.05) is 10.9 Å². The van der Waals surface area contributed by atoms with E-state index in [9.17, 15) is 4.79 Å². The number of hydrogen-bond acceptors (Lipinski definition) is 2. The molecule has 0 aromatic carbocycles. The standard InChI is InChI=1S/C12H20BrNOS/c1-11(5-4-8-16-11)10(15)14-12(9-13)6-2-3-7-12/h2-9H2,1H3,(H,14,15). The highest BCUT2D eigenvalue weighted by atomic mass is 79.9. The van der Waals surface area contributed by atoms with Crippen molar-refractivity contribution in [3.05, 3.63) is 0 Å². The van der Waals surface area contributed by atoms with Gasteiger partial charge in [-0.2, -0.15) is 0 Å². The Balaban J connectivity index is 2.00. The molecular formula is C12H20BrNOS. The molecule has 92 valence electrons. The van der Waals surface area contributed by atoms with Crippen LogP contribution in [0.25, 0.3) is 0 Å². The summed E-state index contributed by atoms with van der Waals surface area (Å²) in [5, 5.41) is 4.21. The molecular weight excluding hydrogens is 286 g/mol. The van der Waals surface area contributed by atoms with Gasteiger partial charge >= 0.3 is 0 Å². The molecule has 1 heterocycles. The zero-order chi connectivity index (χ0) is 11.6. The Hall–Kier alpha value is 0.300. The third-order valence-corrected chi connectivity index (χ3v) is 6.49. The van der Waals surface area contributed by atoms with Crippen LogP contribution in [0.3, 0.4) is 0 Å². The number of rotatable bonds is 3. The number of carbonyl (C=O) groups is 1. The molecule has 2 nitrogen and oxygen atoms in total. The summed E-state index contributed by atoms with van der Waals surface area (Å²) in [6.45, 7) is 2.09. The molecule has 2 aliphatic rings. The third-order valence-electron chi connectivity index (χ3n) is 3.89. The van der Waals surface area contributed by atoms with Crippen LogP contribution in [0.1, 0.15) is 45.4 Å². The van der Waals surface area contributed by atoms with Crippen molar-refractivity contribution in [1.29, 1.82) is 0 Å². The monoisotopic (exact) mass is 305 g/mol. The van der Waals surface area contributed by atoms with E-state index in [0.717, 1.165) is 30.3 Å². The lowest BCUT2D eigenvalue weighted by Gasteiger charge is -2.32. The van der Waals surface area contributed by atoms with Gasteiger partial charge in [0.25, 0.3) is 0 Å². The Morgan fingerprint density at radius 1 is 1.31 bits per heavy atom. The van der Waals surface area contributed by atoms with Gasteiger partial charge < -0.3 is 5.32 Å². The first-order valence-electron chi connectivity index (χ1n) is 6.13. The molecule has 0 bridgehead atoms. The molecule has 1 unspecified atom stereocenters. The summed E-state index contributed by atoms with van der Waals surface area (Å²) < 4.78 is -0.169. The Morgan fingerprint density at radius 2 is 2.00 bits per heavy atom. The molecule has 1 saturated heterocycles. The van der Waals surface area contributed by atoms with Gasteiger partial charge in [0.15, 0.2) is 0 Å². The van der Waals surface area contributed by atoms with Crippen LogP contribution in [0, 0.1) is 0 Å². The molecule has 1 aliphatic heterocycles. The highest BCUT2D eigenvalue weighted by Crippen LogP contribution is 2.39. The number of alkyl halides is 1. The predicted molar refractivity (Wildman–Crippen MR) is 73.2 cm³/mol. The number of halogens is 1. The van der Waals surface area contributed by atoms with Crippen LogP contribution in [0.15, 0.2) is 0 Å². The second kappa shape index (κ2) is 4.89. The molecule has 1 aliphatic carbocycles. The van der Waals surface area contributed by atoms with E-state index in [0.29, 0.717) is 0 Å². The van der Waals surface area contributed by atoms with Gasteiger partial charge in [0.2, 0.25) is 5.91 Å². The summed E-state index contributed by atoms with van der Waals surface area (Å²) in [6.07, 6.45) is 6.96. The maximum atomic E-state index is 12.3. The lowest BCUT2D eigenvalue weighted by Crippen LogP contribution is -2.53. The minimum Gasteiger partial charge on any atom is -0.349 e. The fourth-order valence-corrected chi connectivity index (χ4v) is 4.59. The van der Waals surface area contributed by atoms with E-state index in [1.54, 1.807) is 0 Å². The van der Waals surface area contributed by atoms with Crippen LogP contribution < -0.4 is 5.32 Å². The average Bonchev–Trinajstić information content (AvgIpc) is 2.89. The van der Waals surface area contributed by atoms with E-state index in [1.807, 2.05) is 11.8 Å². The number of thioether (sulfide) groups is 1. The van der Waals surface area contributed by atoms with Gasteiger partial charge in [0.1, 0.15) is 0 Å². The second-order valence-electron chi connectivity index (χ2n) is 5.26. The Bertz CT molecular complexity index is 270. The van der Waals surface area contributed by atoms with E-state index < -0.39 is 0 Å². The topological polar surface area (TPSA) is 29.1 Å². The van der Waals surface area contributed by atoms with Crippen molar-refractivity contribution in [2.45, 2.75) is 55.7 Å². The van der Waals surface area contributed by atoms with Crippen molar-refractivity contribution < 1.29 is 4.79 Å².